The minimum atomic E-state index is 0.450. The first kappa shape index (κ1) is 12.6. The zero-order chi connectivity index (χ0) is 13.9. The molecule has 0 amide bonds. The summed E-state index contributed by atoms with van der Waals surface area (Å²) in [6.45, 7) is 5.47. The number of anilines is 1. The standard InChI is InChI=1S/C14H15N5O/c1-10-17-14(20-18-10)11-2-3-13(12(8-11)9-15)19-6-4-16-5-7-19/h2-3,8,16H,4-7H2,1H3. The Bertz CT molecular complexity index is 652. The van der Waals surface area contributed by atoms with Crippen molar-refractivity contribution >= 4 is 5.69 Å². The Kier molecular flexibility index (Phi) is 3.35. The monoisotopic (exact) mass is 269 g/mol. The topological polar surface area (TPSA) is 78.0 Å². The molecule has 1 saturated heterocycles. The fourth-order valence-electron chi connectivity index (χ4n) is 2.35. The Morgan fingerprint density at radius 1 is 1.35 bits per heavy atom. The maximum Gasteiger partial charge on any atom is 0.257 e. The normalized spacial score (nSPS) is 15.1. The van der Waals surface area contributed by atoms with Gasteiger partial charge in [0, 0.05) is 31.7 Å². The molecule has 1 aromatic carbocycles. The molecule has 0 saturated carbocycles. The molecule has 6 heteroatoms. The summed E-state index contributed by atoms with van der Waals surface area (Å²) < 4.78 is 5.14. The van der Waals surface area contributed by atoms with Crippen LogP contribution in [0.2, 0.25) is 0 Å². The van der Waals surface area contributed by atoms with E-state index in [4.69, 9.17) is 4.52 Å². The molecule has 0 unspecified atom stereocenters. The number of aromatic nitrogens is 2. The van der Waals surface area contributed by atoms with E-state index in [1.807, 2.05) is 18.2 Å². The van der Waals surface area contributed by atoms with Gasteiger partial charge in [0.15, 0.2) is 5.82 Å². The highest BCUT2D eigenvalue weighted by molar-refractivity contribution is 5.67. The van der Waals surface area contributed by atoms with Crippen LogP contribution in [0.25, 0.3) is 11.5 Å². The fraction of sp³-hybridized carbons (Fsp3) is 0.357. The van der Waals surface area contributed by atoms with Crippen LogP contribution < -0.4 is 10.2 Å². The minimum absolute atomic E-state index is 0.450. The summed E-state index contributed by atoms with van der Waals surface area (Å²) in [4.78, 5) is 6.41. The Balaban J connectivity index is 1.95. The molecule has 1 fully saturated rings. The summed E-state index contributed by atoms with van der Waals surface area (Å²) in [5.74, 6) is 1.04. The highest BCUT2D eigenvalue weighted by atomic mass is 16.5. The molecule has 1 aromatic heterocycles. The van der Waals surface area contributed by atoms with Gasteiger partial charge in [0.2, 0.25) is 0 Å². The molecule has 6 nitrogen and oxygen atoms in total. The van der Waals surface area contributed by atoms with Crippen LogP contribution in [0.3, 0.4) is 0 Å². The minimum Gasteiger partial charge on any atom is -0.368 e. The number of benzene rings is 1. The molecule has 0 atom stereocenters. The summed E-state index contributed by atoms with van der Waals surface area (Å²) in [5.41, 5.74) is 2.38. The van der Waals surface area contributed by atoms with E-state index < -0.39 is 0 Å². The van der Waals surface area contributed by atoms with Crippen molar-refractivity contribution in [3.05, 3.63) is 29.6 Å². The quantitative estimate of drug-likeness (QED) is 0.886. The predicted octanol–water partition coefficient (Wildman–Crippen LogP) is 1.33. The third-order valence-corrected chi connectivity index (χ3v) is 3.35. The predicted molar refractivity (Wildman–Crippen MR) is 74.3 cm³/mol. The van der Waals surface area contributed by atoms with Crippen molar-refractivity contribution in [2.24, 2.45) is 0 Å². The van der Waals surface area contributed by atoms with Gasteiger partial charge in [-0.1, -0.05) is 5.16 Å². The molecule has 1 aliphatic rings. The van der Waals surface area contributed by atoms with Gasteiger partial charge in [0.25, 0.3) is 5.89 Å². The Morgan fingerprint density at radius 2 is 2.15 bits per heavy atom. The van der Waals surface area contributed by atoms with Crippen molar-refractivity contribution in [1.29, 1.82) is 5.26 Å². The van der Waals surface area contributed by atoms with E-state index in [2.05, 4.69) is 26.4 Å². The number of piperazine rings is 1. The summed E-state index contributed by atoms with van der Waals surface area (Å²) >= 11 is 0. The summed E-state index contributed by atoms with van der Waals surface area (Å²) in [6.07, 6.45) is 0. The highest BCUT2D eigenvalue weighted by Crippen LogP contribution is 2.26. The number of hydrogen-bond donors (Lipinski definition) is 1. The Morgan fingerprint density at radius 3 is 2.80 bits per heavy atom. The number of nitrogens with one attached hydrogen (secondary N) is 1. The molecule has 2 heterocycles. The highest BCUT2D eigenvalue weighted by Gasteiger charge is 2.16. The van der Waals surface area contributed by atoms with Gasteiger partial charge in [0.05, 0.1) is 11.3 Å². The lowest BCUT2D eigenvalue weighted by Crippen LogP contribution is -2.43. The number of rotatable bonds is 2. The van der Waals surface area contributed by atoms with Crippen LogP contribution in [0.1, 0.15) is 11.4 Å². The number of nitrogens with zero attached hydrogens (tertiary/aromatic N) is 4. The van der Waals surface area contributed by atoms with E-state index in [0.717, 1.165) is 37.4 Å². The summed E-state index contributed by atoms with van der Waals surface area (Å²) in [5, 5.41) is 16.4. The second kappa shape index (κ2) is 5.31. The molecule has 0 aliphatic carbocycles. The van der Waals surface area contributed by atoms with E-state index in [9.17, 15) is 5.26 Å². The first-order chi connectivity index (χ1) is 9.78. The summed E-state index contributed by atoms with van der Waals surface area (Å²) in [7, 11) is 0. The van der Waals surface area contributed by atoms with Crippen LogP contribution in [0.15, 0.2) is 22.7 Å². The molecular formula is C14H15N5O. The smallest absolute Gasteiger partial charge is 0.257 e. The van der Waals surface area contributed by atoms with E-state index in [0.29, 0.717) is 17.3 Å². The zero-order valence-electron chi connectivity index (χ0n) is 11.3. The first-order valence-corrected chi connectivity index (χ1v) is 6.58. The molecule has 20 heavy (non-hydrogen) atoms. The van der Waals surface area contributed by atoms with E-state index in [1.54, 1.807) is 6.92 Å². The maximum absolute atomic E-state index is 9.37. The average molecular weight is 269 g/mol. The molecule has 0 spiro atoms. The number of hydrogen-bond acceptors (Lipinski definition) is 6. The third kappa shape index (κ3) is 2.36. The van der Waals surface area contributed by atoms with Gasteiger partial charge in [-0.05, 0) is 25.1 Å². The van der Waals surface area contributed by atoms with Gasteiger partial charge < -0.3 is 14.7 Å². The van der Waals surface area contributed by atoms with Crippen LogP contribution >= 0.6 is 0 Å². The molecule has 0 radical (unpaired) electrons. The van der Waals surface area contributed by atoms with Crippen LogP contribution in [0.4, 0.5) is 5.69 Å². The fourth-order valence-corrected chi connectivity index (χ4v) is 2.35. The molecule has 1 N–H and O–H groups in total. The maximum atomic E-state index is 9.37. The van der Waals surface area contributed by atoms with Crippen molar-refractivity contribution < 1.29 is 4.52 Å². The van der Waals surface area contributed by atoms with Gasteiger partial charge in [0.1, 0.15) is 6.07 Å². The molecule has 1 aliphatic heterocycles. The summed E-state index contributed by atoms with van der Waals surface area (Å²) in [6, 6.07) is 7.95. The zero-order valence-corrected chi connectivity index (χ0v) is 11.3. The Labute approximate surface area is 117 Å². The van der Waals surface area contributed by atoms with Crippen LogP contribution in [0.5, 0.6) is 0 Å². The van der Waals surface area contributed by atoms with Gasteiger partial charge in [-0.15, -0.1) is 0 Å². The lowest BCUT2D eigenvalue weighted by atomic mass is 10.1. The third-order valence-electron chi connectivity index (χ3n) is 3.35. The van der Waals surface area contributed by atoms with Crippen LogP contribution in [0, 0.1) is 18.3 Å². The van der Waals surface area contributed by atoms with Crippen LogP contribution in [-0.4, -0.2) is 36.3 Å². The van der Waals surface area contributed by atoms with Crippen molar-refractivity contribution in [1.82, 2.24) is 15.5 Å². The first-order valence-electron chi connectivity index (χ1n) is 6.58. The van der Waals surface area contributed by atoms with Gasteiger partial charge in [-0.3, -0.25) is 0 Å². The van der Waals surface area contributed by atoms with Gasteiger partial charge >= 0.3 is 0 Å². The lowest BCUT2D eigenvalue weighted by Gasteiger charge is -2.30. The van der Waals surface area contributed by atoms with E-state index in [1.165, 1.54) is 0 Å². The number of nitriles is 1. The lowest BCUT2D eigenvalue weighted by molar-refractivity contribution is 0.425. The largest absolute Gasteiger partial charge is 0.368 e. The molecule has 0 bridgehead atoms. The molecular weight excluding hydrogens is 254 g/mol. The average Bonchev–Trinajstić information content (AvgIpc) is 2.94. The molecule has 3 rings (SSSR count). The molecule has 2 aromatic rings. The van der Waals surface area contributed by atoms with E-state index in [-0.39, 0.29) is 0 Å². The number of aryl methyl sites for hydroxylation is 1. The van der Waals surface area contributed by atoms with E-state index >= 15 is 0 Å². The van der Waals surface area contributed by atoms with Crippen molar-refractivity contribution in [3.8, 4) is 17.5 Å². The van der Waals surface area contributed by atoms with Crippen molar-refractivity contribution in [3.63, 3.8) is 0 Å². The van der Waals surface area contributed by atoms with Gasteiger partial charge in [-0.25, -0.2) is 0 Å². The van der Waals surface area contributed by atoms with Crippen molar-refractivity contribution in [2.45, 2.75) is 6.92 Å². The van der Waals surface area contributed by atoms with Gasteiger partial charge in [-0.2, -0.15) is 10.2 Å². The second-order valence-corrected chi connectivity index (χ2v) is 4.73. The SMILES string of the molecule is Cc1noc(-c2ccc(N3CCNCC3)c(C#N)c2)n1. The Hall–Kier alpha value is -2.39. The van der Waals surface area contributed by atoms with Crippen LogP contribution in [-0.2, 0) is 0 Å². The second-order valence-electron chi connectivity index (χ2n) is 4.73. The molecule has 102 valence electrons. The van der Waals surface area contributed by atoms with Crippen molar-refractivity contribution in [2.75, 3.05) is 31.1 Å².